The van der Waals surface area contributed by atoms with Gasteiger partial charge in [-0.25, -0.2) is 0 Å². The molecule has 2 rings (SSSR count). The van der Waals surface area contributed by atoms with Crippen LogP contribution in [0.4, 0.5) is 0 Å². The lowest BCUT2D eigenvalue weighted by atomic mass is 10.2. The van der Waals surface area contributed by atoms with E-state index in [1.165, 1.54) is 5.56 Å². The lowest BCUT2D eigenvalue weighted by Gasteiger charge is -2.15. The van der Waals surface area contributed by atoms with Crippen LogP contribution in [0.1, 0.15) is 18.1 Å². The lowest BCUT2D eigenvalue weighted by molar-refractivity contribution is 0.277. The lowest BCUT2D eigenvalue weighted by Crippen LogP contribution is -2.08. The van der Waals surface area contributed by atoms with E-state index in [0.29, 0.717) is 13.2 Å². The summed E-state index contributed by atoms with van der Waals surface area (Å²) in [5.41, 5.74) is 2.47. The molecule has 0 saturated heterocycles. The molecule has 0 aliphatic rings. The van der Waals surface area contributed by atoms with Gasteiger partial charge in [-0.15, -0.1) is 0 Å². The van der Waals surface area contributed by atoms with Gasteiger partial charge in [-0.3, -0.25) is 0 Å². The SMILES string of the molecule is CCOc1cc(CNC)cc(Br)c1OCCc1ccsc1. The Kier molecular flexibility index (Phi) is 6.54. The third-order valence-electron chi connectivity index (χ3n) is 2.97. The van der Waals surface area contributed by atoms with Crippen molar-refractivity contribution in [3.05, 3.63) is 44.6 Å². The maximum atomic E-state index is 5.94. The number of ether oxygens (including phenoxy) is 2. The van der Waals surface area contributed by atoms with Gasteiger partial charge < -0.3 is 14.8 Å². The first kappa shape index (κ1) is 16.3. The second-order valence-corrected chi connectivity index (χ2v) is 6.23. The molecular formula is C16H20BrNO2S. The van der Waals surface area contributed by atoms with Crippen LogP contribution in [0.3, 0.4) is 0 Å². The predicted octanol–water partition coefficient (Wildman–Crippen LogP) is 4.25. The fraction of sp³-hybridized carbons (Fsp3) is 0.375. The third kappa shape index (κ3) is 4.73. The number of hydrogen-bond acceptors (Lipinski definition) is 4. The van der Waals surface area contributed by atoms with Gasteiger partial charge in [0.15, 0.2) is 11.5 Å². The van der Waals surface area contributed by atoms with E-state index in [0.717, 1.165) is 34.5 Å². The van der Waals surface area contributed by atoms with Crippen LogP contribution in [-0.2, 0) is 13.0 Å². The molecule has 1 heterocycles. The molecule has 0 aliphatic carbocycles. The molecule has 0 radical (unpaired) electrons. The summed E-state index contributed by atoms with van der Waals surface area (Å²) in [5.74, 6) is 1.58. The molecular weight excluding hydrogens is 350 g/mol. The molecule has 2 aromatic rings. The van der Waals surface area contributed by atoms with Crippen LogP contribution in [0.5, 0.6) is 11.5 Å². The second kappa shape index (κ2) is 8.41. The van der Waals surface area contributed by atoms with Crippen molar-refractivity contribution in [3.8, 4) is 11.5 Å². The van der Waals surface area contributed by atoms with Gasteiger partial charge in [0.25, 0.3) is 0 Å². The van der Waals surface area contributed by atoms with Gasteiger partial charge in [0.05, 0.1) is 17.7 Å². The molecule has 3 nitrogen and oxygen atoms in total. The fourth-order valence-corrected chi connectivity index (χ4v) is 3.34. The minimum atomic E-state index is 0.621. The number of nitrogens with one attached hydrogen (secondary N) is 1. The molecule has 0 atom stereocenters. The molecule has 0 aliphatic heterocycles. The van der Waals surface area contributed by atoms with Gasteiger partial charge in [-0.05, 0) is 70.0 Å². The van der Waals surface area contributed by atoms with Crippen LogP contribution in [0.25, 0.3) is 0 Å². The zero-order valence-electron chi connectivity index (χ0n) is 12.3. The van der Waals surface area contributed by atoms with Gasteiger partial charge in [0.1, 0.15) is 0 Å². The van der Waals surface area contributed by atoms with Crippen molar-refractivity contribution in [1.82, 2.24) is 5.32 Å². The van der Waals surface area contributed by atoms with Crippen LogP contribution in [0.15, 0.2) is 33.4 Å². The summed E-state index contributed by atoms with van der Waals surface area (Å²) in [4.78, 5) is 0. The van der Waals surface area contributed by atoms with Crippen LogP contribution < -0.4 is 14.8 Å². The van der Waals surface area contributed by atoms with Crippen LogP contribution in [0, 0.1) is 0 Å². The monoisotopic (exact) mass is 369 g/mol. The summed E-state index contributed by atoms with van der Waals surface area (Å²) in [6, 6.07) is 6.23. The molecule has 21 heavy (non-hydrogen) atoms. The van der Waals surface area contributed by atoms with Crippen molar-refractivity contribution in [3.63, 3.8) is 0 Å². The molecule has 114 valence electrons. The maximum absolute atomic E-state index is 5.94. The summed E-state index contributed by atoms with van der Waals surface area (Å²) in [5, 5.41) is 7.38. The first-order chi connectivity index (χ1) is 10.2. The summed E-state index contributed by atoms with van der Waals surface area (Å²) < 4.78 is 12.6. The quantitative estimate of drug-likeness (QED) is 0.754. The largest absolute Gasteiger partial charge is 0.490 e. The Morgan fingerprint density at radius 1 is 1.24 bits per heavy atom. The summed E-state index contributed by atoms with van der Waals surface area (Å²) in [7, 11) is 1.93. The Morgan fingerprint density at radius 3 is 2.76 bits per heavy atom. The summed E-state index contributed by atoms with van der Waals surface area (Å²) >= 11 is 5.30. The zero-order chi connectivity index (χ0) is 15.1. The Bertz CT molecular complexity index is 558. The molecule has 0 spiro atoms. The van der Waals surface area contributed by atoms with Crippen molar-refractivity contribution in [2.45, 2.75) is 19.9 Å². The molecule has 1 aromatic heterocycles. The topological polar surface area (TPSA) is 30.5 Å². The zero-order valence-corrected chi connectivity index (χ0v) is 14.7. The normalized spacial score (nSPS) is 10.6. The van der Waals surface area contributed by atoms with Crippen LogP contribution in [-0.4, -0.2) is 20.3 Å². The van der Waals surface area contributed by atoms with Gasteiger partial charge in [0.2, 0.25) is 0 Å². The number of halogens is 1. The van der Waals surface area contributed by atoms with Gasteiger partial charge in [-0.1, -0.05) is 0 Å². The third-order valence-corrected chi connectivity index (χ3v) is 4.29. The molecule has 1 aromatic carbocycles. The highest BCUT2D eigenvalue weighted by Gasteiger charge is 2.12. The molecule has 1 N–H and O–H groups in total. The standard InChI is InChI=1S/C16H20BrNO2S/c1-3-19-15-9-13(10-18-2)8-14(17)16(15)20-6-4-12-5-7-21-11-12/h5,7-9,11,18H,3-4,6,10H2,1-2H3. The second-order valence-electron chi connectivity index (χ2n) is 4.60. The van der Waals surface area contributed by atoms with E-state index in [-0.39, 0.29) is 0 Å². The van der Waals surface area contributed by atoms with Gasteiger partial charge >= 0.3 is 0 Å². The van der Waals surface area contributed by atoms with E-state index in [1.807, 2.05) is 20.0 Å². The van der Waals surface area contributed by atoms with Gasteiger partial charge in [-0.2, -0.15) is 11.3 Å². The van der Waals surface area contributed by atoms with Crippen LogP contribution in [0.2, 0.25) is 0 Å². The highest BCUT2D eigenvalue weighted by atomic mass is 79.9. The van der Waals surface area contributed by atoms with E-state index in [4.69, 9.17) is 9.47 Å². The Hall–Kier alpha value is -1.04. The molecule has 0 saturated carbocycles. The van der Waals surface area contributed by atoms with Crippen molar-refractivity contribution in [2.75, 3.05) is 20.3 Å². The minimum absolute atomic E-state index is 0.621. The highest BCUT2D eigenvalue weighted by molar-refractivity contribution is 9.10. The van der Waals surface area contributed by atoms with Crippen LogP contribution >= 0.6 is 27.3 Å². The number of rotatable bonds is 8. The Morgan fingerprint density at radius 2 is 2.10 bits per heavy atom. The first-order valence-electron chi connectivity index (χ1n) is 6.98. The number of thiophene rings is 1. The predicted molar refractivity (Wildman–Crippen MR) is 91.6 cm³/mol. The van der Waals surface area contributed by atoms with E-state index in [2.05, 4.69) is 44.1 Å². The first-order valence-corrected chi connectivity index (χ1v) is 8.71. The highest BCUT2D eigenvalue weighted by Crippen LogP contribution is 2.37. The van der Waals surface area contributed by atoms with Crippen molar-refractivity contribution in [2.24, 2.45) is 0 Å². The van der Waals surface area contributed by atoms with Gasteiger partial charge in [0, 0.05) is 13.0 Å². The molecule has 0 bridgehead atoms. The summed E-state index contributed by atoms with van der Waals surface area (Å²) in [6.45, 7) is 4.04. The number of hydrogen-bond donors (Lipinski definition) is 1. The van der Waals surface area contributed by atoms with E-state index in [1.54, 1.807) is 11.3 Å². The van der Waals surface area contributed by atoms with E-state index < -0.39 is 0 Å². The number of benzene rings is 1. The molecule has 0 unspecified atom stereocenters. The average molecular weight is 370 g/mol. The molecule has 0 amide bonds. The summed E-state index contributed by atoms with van der Waals surface area (Å²) in [6.07, 6.45) is 0.903. The average Bonchev–Trinajstić information content (AvgIpc) is 2.95. The molecule has 0 fully saturated rings. The molecule has 5 heteroatoms. The van der Waals surface area contributed by atoms with E-state index in [9.17, 15) is 0 Å². The van der Waals surface area contributed by atoms with Crippen molar-refractivity contribution >= 4 is 27.3 Å². The fourth-order valence-electron chi connectivity index (χ4n) is 2.04. The van der Waals surface area contributed by atoms with Crippen molar-refractivity contribution < 1.29 is 9.47 Å². The Balaban J connectivity index is 2.08. The van der Waals surface area contributed by atoms with Crippen molar-refractivity contribution in [1.29, 1.82) is 0 Å². The van der Waals surface area contributed by atoms with E-state index >= 15 is 0 Å². The Labute approximate surface area is 138 Å². The minimum Gasteiger partial charge on any atom is -0.490 e. The smallest absolute Gasteiger partial charge is 0.175 e. The maximum Gasteiger partial charge on any atom is 0.175 e.